The molecular weight excluding hydrogens is 350 g/mol. The lowest BCUT2D eigenvalue weighted by atomic mass is 10.1. The molecule has 0 aliphatic carbocycles. The van der Waals surface area contributed by atoms with E-state index in [0.29, 0.717) is 11.4 Å². The topological polar surface area (TPSA) is 72.8 Å². The second-order valence-corrected chi connectivity index (χ2v) is 6.88. The van der Waals surface area contributed by atoms with E-state index in [0.717, 1.165) is 26.5 Å². The van der Waals surface area contributed by atoms with Crippen molar-refractivity contribution in [1.82, 2.24) is 4.98 Å². The summed E-state index contributed by atoms with van der Waals surface area (Å²) in [7, 11) is 1.62. The summed E-state index contributed by atoms with van der Waals surface area (Å²) in [6.45, 7) is 3.61. The Balaban J connectivity index is 1.55. The van der Waals surface area contributed by atoms with E-state index in [2.05, 4.69) is 15.5 Å². The summed E-state index contributed by atoms with van der Waals surface area (Å²) in [6.07, 6.45) is 0. The number of thiazole rings is 1. The number of rotatable bonds is 6. The molecule has 0 aliphatic heterocycles. The summed E-state index contributed by atoms with van der Waals surface area (Å²) in [4.78, 5) is 21.6. The molecule has 3 rings (SSSR count). The van der Waals surface area contributed by atoms with Gasteiger partial charge in [-0.25, -0.2) is 4.98 Å². The average Bonchev–Trinajstić information content (AvgIpc) is 3.01. The minimum atomic E-state index is -0.275. The number of anilines is 1. The van der Waals surface area contributed by atoms with Crippen molar-refractivity contribution >= 4 is 38.9 Å². The number of hydrogen-bond acceptors (Lipinski definition) is 6. The van der Waals surface area contributed by atoms with E-state index in [9.17, 15) is 4.79 Å². The molecular formula is C19H19N3O3S. The van der Waals surface area contributed by atoms with Crippen molar-refractivity contribution < 1.29 is 14.4 Å². The molecule has 1 amide bonds. The van der Waals surface area contributed by atoms with Crippen molar-refractivity contribution in [1.29, 1.82) is 0 Å². The van der Waals surface area contributed by atoms with Crippen LogP contribution in [0.3, 0.4) is 0 Å². The Kier molecular flexibility index (Phi) is 5.48. The molecule has 2 aromatic carbocycles. The van der Waals surface area contributed by atoms with Gasteiger partial charge in [0.2, 0.25) is 0 Å². The summed E-state index contributed by atoms with van der Waals surface area (Å²) < 4.78 is 6.21. The molecule has 0 fully saturated rings. The van der Waals surface area contributed by atoms with Crippen molar-refractivity contribution in [3.05, 3.63) is 53.0 Å². The van der Waals surface area contributed by atoms with Gasteiger partial charge in [-0.05, 0) is 61.9 Å². The zero-order chi connectivity index (χ0) is 18.5. The molecule has 3 aromatic rings. The number of hydrogen-bond donors (Lipinski definition) is 1. The molecule has 1 heterocycles. The van der Waals surface area contributed by atoms with E-state index >= 15 is 0 Å². The van der Waals surface area contributed by atoms with E-state index in [1.165, 1.54) is 0 Å². The Hall–Kier alpha value is -2.93. The first-order valence-corrected chi connectivity index (χ1v) is 8.85. The van der Waals surface area contributed by atoms with Gasteiger partial charge in [0.15, 0.2) is 6.61 Å². The molecule has 0 saturated carbocycles. The molecule has 0 aliphatic rings. The van der Waals surface area contributed by atoms with Gasteiger partial charge in [0, 0.05) is 5.69 Å². The molecule has 0 spiro atoms. The number of benzene rings is 2. The fourth-order valence-electron chi connectivity index (χ4n) is 2.39. The summed E-state index contributed by atoms with van der Waals surface area (Å²) in [5, 5.41) is 7.77. The maximum atomic E-state index is 12.0. The Morgan fingerprint density at radius 3 is 2.73 bits per heavy atom. The lowest BCUT2D eigenvalue weighted by Gasteiger charge is -2.06. The Labute approximate surface area is 155 Å². The summed E-state index contributed by atoms with van der Waals surface area (Å²) in [6, 6.07) is 13.1. The van der Waals surface area contributed by atoms with E-state index < -0.39 is 0 Å². The maximum Gasteiger partial charge on any atom is 0.265 e. The van der Waals surface area contributed by atoms with Crippen LogP contribution in [0.5, 0.6) is 5.75 Å². The lowest BCUT2D eigenvalue weighted by Crippen LogP contribution is -2.17. The van der Waals surface area contributed by atoms with Crippen LogP contribution in [0, 0.1) is 6.92 Å². The fraction of sp³-hybridized carbons (Fsp3) is 0.211. The predicted octanol–water partition coefficient (Wildman–Crippen LogP) is 3.99. The van der Waals surface area contributed by atoms with E-state index in [1.54, 1.807) is 18.4 Å². The van der Waals surface area contributed by atoms with Crippen LogP contribution in [0.4, 0.5) is 5.69 Å². The van der Waals surface area contributed by atoms with Gasteiger partial charge in [-0.15, -0.1) is 11.3 Å². The lowest BCUT2D eigenvalue weighted by molar-refractivity contribution is -0.120. The fourth-order valence-corrected chi connectivity index (χ4v) is 3.20. The summed E-state index contributed by atoms with van der Waals surface area (Å²) in [5.41, 5.74) is 3.14. The number of amides is 1. The number of fused-ring (bicyclic) bond motifs is 1. The van der Waals surface area contributed by atoms with Crippen LogP contribution in [-0.2, 0) is 9.63 Å². The third-order valence-corrected chi connectivity index (χ3v) is 4.64. The standard InChI is InChI=1S/C19H19N3O3S/c1-12(14-4-7-16(24-3)8-5-14)22-25-11-19(23)21-15-6-9-18-17(10-15)20-13(2)26-18/h4-10H,11H2,1-3H3,(H,21,23). The molecule has 0 bridgehead atoms. The number of oxime groups is 1. The Bertz CT molecular complexity index is 948. The largest absolute Gasteiger partial charge is 0.497 e. The van der Waals surface area contributed by atoms with Gasteiger partial charge in [0.1, 0.15) is 5.75 Å². The molecule has 134 valence electrons. The Morgan fingerprint density at radius 2 is 2.00 bits per heavy atom. The van der Waals surface area contributed by atoms with Crippen LogP contribution in [0.15, 0.2) is 47.6 Å². The molecule has 0 unspecified atom stereocenters. The monoisotopic (exact) mass is 369 g/mol. The number of aryl methyl sites for hydroxylation is 1. The SMILES string of the molecule is COc1ccc(C(C)=NOCC(=O)Nc2ccc3sc(C)nc3c2)cc1. The highest BCUT2D eigenvalue weighted by Crippen LogP contribution is 2.24. The van der Waals surface area contributed by atoms with Crippen LogP contribution in [-0.4, -0.2) is 30.3 Å². The van der Waals surface area contributed by atoms with Gasteiger partial charge < -0.3 is 14.9 Å². The normalized spacial score (nSPS) is 11.4. The van der Waals surface area contributed by atoms with E-state index in [4.69, 9.17) is 9.57 Å². The molecule has 7 heteroatoms. The molecule has 0 atom stereocenters. The summed E-state index contributed by atoms with van der Waals surface area (Å²) >= 11 is 1.62. The predicted molar refractivity (Wildman–Crippen MR) is 104 cm³/mol. The van der Waals surface area contributed by atoms with E-state index in [-0.39, 0.29) is 12.5 Å². The van der Waals surface area contributed by atoms with Crippen molar-refractivity contribution in [2.75, 3.05) is 19.0 Å². The van der Waals surface area contributed by atoms with Gasteiger partial charge in [-0.1, -0.05) is 5.16 Å². The third-order valence-electron chi connectivity index (χ3n) is 3.68. The van der Waals surface area contributed by atoms with Crippen LogP contribution >= 0.6 is 11.3 Å². The number of carbonyl (C=O) groups excluding carboxylic acids is 1. The summed E-state index contributed by atoms with van der Waals surface area (Å²) in [5.74, 6) is 0.497. The minimum absolute atomic E-state index is 0.165. The van der Waals surface area contributed by atoms with Gasteiger partial charge in [-0.3, -0.25) is 4.79 Å². The van der Waals surface area contributed by atoms with Gasteiger partial charge in [0.05, 0.1) is 28.0 Å². The van der Waals surface area contributed by atoms with Crippen LogP contribution in [0.2, 0.25) is 0 Å². The highest BCUT2D eigenvalue weighted by atomic mass is 32.1. The zero-order valence-electron chi connectivity index (χ0n) is 14.8. The quantitative estimate of drug-likeness (QED) is 0.527. The number of nitrogens with zero attached hydrogens (tertiary/aromatic N) is 2. The number of methoxy groups -OCH3 is 1. The average molecular weight is 369 g/mol. The first kappa shape index (κ1) is 17.9. The number of aromatic nitrogens is 1. The highest BCUT2D eigenvalue weighted by Gasteiger charge is 2.06. The molecule has 1 aromatic heterocycles. The van der Waals surface area contributed by atoms with Crippen LogP contribution < -0.4 is 10.1 Å². The molecule has 26 heavy (non-hydrogen) atoms. The van der Waals surface area contributed by atoms with Crippen LogP contribution in [0.25, 0.3) is 10.2 Å². The van der Waals surface area contributed by atoms with Crippen molar-refractivity contribution in [2.45, 2.75) is 13.8 Å². The number of nitrogens with one attached hydrogen (secondary N) is 1. The maximum absolute atomic E-state index is 12.0. The van der Waals surface area contributed by atoms with Gasteiger partial charge >= 0.3 is 0 Å². The van der Waals surface area contributed by atoms with Crippen molar-refractivity contribution in [3.63, 3.8) is 0 Å². The third kappa shape index (κ3) is 4.37. The molecule has 6 nitrogen and oxygen atoms in total. The molecule has 1 N–H and O–H groups in total. The number of carbonyl (C=O) groups is 1. The zero-order valence-corrected chi connectivity index (χ0v) is 15.6. The highest BCUT2D eigenvalue weighted by molar-refractivity contribution is 7.18. The molecule has 0 radical (unpaired) electrons. The Morgan fingerprint density at radius 1 is 1.23 bits per heavy atom. The smallest absolute Gasteiger partial charge is 0.265 e. The van der Waals surface area contributed by atoms with Gasteiger partial charge in [0.25, 0.3) is 5.91 Å². The first-order valence-electron chi connectivity index (χ1n) is 8.03. The van der Waals surface area contributed by atoms with E-state index in [1.807, 2.05) is 56.3 Å². The minimum Gasteiger partial charge on any atom is -0.497 e. The van der Waals surface area contributed by atoms with Crippen molar-refractivity contribution in [2.24, 2.45) is 5.16 Å². The number of ether oxygens (including phenoxy) is 1. The van der Waals surface area contributed by atoms with Gasteiger partial charge in [-0.2, -0.15) is 0 Å². The second kappa shape index (κ2) is 7.97. The first-order chi connectivity index (χ1) is 12.5. The van der Waals surface area contributed by atoms with Crippen LogP contribution in [0.1, 0.15) is 17.5 Å². The second-order valence-electron chi connectivity index (χ2n) is 5.64. The molecule has 0 saturated heterocycles. The van der Waals surface area contributed by atoms with Crippen molar-refractivity contribution in [3.8, 4) is 5.75 Å².